The molecule has 1 heterocycles. The van der Waals surface area contributed by atoms with E-state index < -0.39 is 11.6 Å². The number of hydrogen-bond donors (Lipinski definition) is 1. The Bertz CT molecular complexity index is 696. The van der Waals surface area contributed by atoms with Crippen LogP contribution in [-0.4, -0.2) is 17.1 Å². The third-order valence-electron chi connectivity index (χ3n) is 2.88. The molecule has 0 radical (unpaired) electrons. The van der Waals surface area contributed by atoms with Gasteiger partial charge in [-0.25, -0.2) is 13.8 Å². The predicted molar refractivity (Wildman–Crippen MR) is 68.0 cm³/mol. The molecule has 1 aromatic heterocycles. The Morgan fingerprint density at radius 3 is 2.42 bits per heavy atom. The van der Waals surface area contributed by atoms with Crippen molar-refractivity contribution in [3.8, 4) is 17.1 Å². The summed E-state index contributed by atoms with van der Waals surface area (Å²) in [7, 11) is 1.36. The van der Waals surface area contributed by atoms with Crippen LogP contribution in [0.3, 0.4) is 0 Å². The van der Waals surface area contributed by atoms with Gasteiger partial charge in [-0.15, -0.1) is 0 Å². The maximum absolute atomic E-state index is 13.9. The third kappa shape index (κ3) is 1.93. The van der Waals surface area contributed by atoms with Gasteiger partial charge in [0.15, 0.2) is 0 Å². The van der Waals surface area contributed by atoms with E-state index >= 15 is 0 Å². The van der Waals surface area contributed by atoms with Gasteiger partial charge in [-0.1, -0.05) is 12.1 Å². The summed E-state index contributed by atoms with van der Waals surface area (Å²) < 4.78 is 32.7. The minimum atomic E-state index is -0.712. The highest BCUT2D eigenvalue weighted by Crippen LogP contribution is 2.29. The lowest BCUT2D eigenvalue weighted by Gasteiger charge is -2.05. The summed E-state index contributed by atoms with van der Waals surface area (Å²) >= 11 is 0. The van der Waals surface area contributed by atoms with Crippen molar-refractivity contribution < 1.29 is 13.5 Å². The van der Waals surface area contributed by atoms with Crippen LogP contribution in [0.2, 0.25) is 0 Å². The maximum Gasteiger partial charge on any atom is 0.144 e. The Hall–Kier alpha value is -2.43. The van der Waals surface area contributed by atoms with Crippen molar-refractivity contribution in [3.63, 3.8) is 0 Å². The number of methoxy groups -OCH3 is 1. The highest BCUT2D eigenvalue weighted by atomic mass is 19.1. The lowest BCUT2D eigenvalue weighted by molar-refractivity contribution is 0.407. The fourth-order valence-electron chi connectivity index (χ4n) is 1.97. The van der Waals surface area contributed by atoms with Crippen LogP contribution in [0.1, 0.15) is 0 Å². The maximum atomic E-state index is 13.9. The fraction of sp³-hybridized carbons (Fsp3) is 0.0714. The molecule has 5 heteroatoms. The topological polar surface area (TPSA) is 37.9 Å². The number of nitrogens with zero attached hydrogens (tertiary/aromatic N) is 1. The zero-order valence-corrected chi connectivity index (χ0v) is 10.1. The first-order valence-electron chi connectivity index (χ1n) is 5.67. The number of imidazole rings is 1. The van der Waals surface area contributed by atoms with Crippen LogP contribution in [0.5, 0.6) is 5.75 Å². The van der Waals surface area contributed by atoms with Crippen LogP contribution in [0.15, 0.2) is 36.4 Å². The van der Waals surface area contributed by atoms with E-state index in [1.54, 1.807) is 12.1 Å². The third-order valence-corrected chi connectivity index (χ3v) is 2.88. The summed E-state index contributed by atoms with van der Waals surface area (Å²) in [6.45, 7) is 0. The molecule has 0 fully saturated rings. The van der Waals surface area contributed by atoms with E-state index in [1.807, 2.05) is 12.1 Å². The summed E-state index contributed by atoms with van der Waals surface area (Å²) in [5.74, 6) is -1.12. The molecule has 3 aromatic rings. The van der Waals surface area contributed by atoms with Gasteiger partial charge in [-0.3, -0.25) is 0 Å². The molecule has 1 N–H and O–H groups in total. The number of halogens is 2. The molecule has 19 heavy (non-hydrogen) atoms. The van der Waals surface area contributed by atoms with Gasteiger partial charge in [-0.05, 0) is 12.1 Å². The Kier molecular flexibility index (Phi) is 2.67. The predicted octanol–water partition coefficient (Wildman–Crippen LogP) is 3.52. The molecule has 0 aliphatic carbocycles. The summed E-state index contributed by atoms with van der Waals surface area (Å²) in [4.78, 5) is 7.08. The summed E-state index contributed by atoms with van der Waals surface area (Å²) in [6, 6.07) is 9.47. The molecule has 0 atom stereocenters. The first kappa shape index (κ1) is 11.6. The van der Waals surface area contributed by atoms with Gasteiger partial charge < -0.3 is 9.72 Å². The van der Waals surface area contributed by atoms with E-state index in [1.165, 1.54) is 7.11 Å². The lowest BCUT2D eigenvalue weighted by atomic mass is 10.2. The monoisotopic (exact) mass is 260 g/mol. The minimum Gasteiger partial charge on any atom is -0.497 e. The largest absolute Gasteiger partial charge is 0.497 e. The normalized spacial score (nSPS) is 10.9. The molecule has 0 aliphatic heterocycles. The second-order valence-corrected chi connectivity index (χ2v) is 4.07. The number of H-pyrrole nitrogens is 1. The van der Waals surface area contributed by atoms with E-state index in [2.05, 4.69) is 9.97 Å². The Morgan fingerprint density at radius 1 is 1.11 bits per heavy atom. The molecule has 0 unspecified atom stereocenters. The molecule has 0 amide bonds. The van der Waals surface area contributed by atoms with E-state index in [0.717, 1.165) is 17.6 Å². The van der Waals surface area contributed by atoms with Crippen LogP contribution >= 0.6 is 0 Å². The molecule has 96 valence electrons. The first-order chi connectivity index (χ1) is 9.19. The summed E-state index contributed by atoms with van der Waals surface area (Å²) in [5.41, 5.74) is 1.20. The lowest BCUT2D eigenvalue weighted by Crippen LogP contribution is -1.94. The van der Waals surface area contributed by atoms with Crippen molar-refractivity contribution in [1.82, 2.24) is 9.97 Å². The Labute approximate surface area is 107 Å². The van der Waals surface area contributed by atoms with Crippen LogP contribution in [-0.2, 0) is 0 Å². The van der Waals surface area contributed by atoms with Crippen LogP contribution in [0.25, 0.3) is 22.4 Å². The van der Waals surface area contributed by atoms with Crippen LogP contribution in [0.4, 0.5) is 8.78 Å². The van der Waals surface area contributed by atoms with E-state index in [0.29, 0.717) is 5.52 Å². The van der Waals surface area contributed by atoms with Gasteiger partial charge >= 0.3 is 0 Å². The second kappa shape index (κ2) is 4.35. The minimum absolute atomic E-state index is 0.134. The van der Waals surface area contributed by atoms with Gasteiger partial charge in [0.25, 0.3) is 0 Å². The summed E-state index contributed by atoms with van der Waals surface area (Å²) in [6.07, 6.45) is 0. The van der Waals surface area contributed by atoms with E-state index in [-0.39, 0.29) is 17.1 Å². The molecular formula is C14H10F2N2O. The molecule has 2 aromatic carbocycles. The zero-order valence-electron chi connectivity index (χ0n) is 10.1. The first-order valence-corrected chi connectivity index (χ1v) is 5.67. The number of hydrogen-bond acceptors (Lipinski definition) is 2. The number of fused-ring (bicyclic) bond motifs is 1. The average molecular weight is 260 g/mol. The van der Waals surface area contributed by atoms with Crippen molar-refractivity contribution in [2.45, 2.75) is 0 Å². The van der Waals surface area contributed by atoms with Crippen LogP contribution in [0, 0.1) is 11.6 Å². The van der Waals surface area contributed by atoms with Crippen molar-refractivity contribution in [2.75, 3.05) is 7.11 Å². The van der Waals surface area contributed by atoms with Gasteiger partial charge in [0.2, 0.25) is 0 Å². The standard InChI is InChI=1S/C14H10F2N2O/c1-19-8-6-9(15)13(10(16)7-8)14-17-11-4-2-3-5-12(11)18-14/h2-7H,1H3,(H,17,18). The smallest absolute Gasteiger partial charge is 0.144 e. The molecule has 0 saturated carbocycles. The van der Waals surface area contributed by atoms with Crippen molar-refractivity contribution in [2.24, 2.45) is 0 Å². The highest BCUT2D eigenvalue weighted by Gasteiger charge is 2.17. The number of aromatic amines is 1. The molecule has 0 bridgehead atoms. The van der Waals surface area contributed by atoms with Gasteiger partial charge in [0, 0.05) is 12.1 Å². The van der Waals surface area contributed by atoms with E-state index in [4.69, 9.17) is 4.74 Å². The fourth-order valence-corrected chi connectivity index (χ4v) is 1.97. The van der Waals surface area contributed by atoms with Crippen molar-refractivity contribution in [3.05, 3.63) is 48.0 Å². The van der Waals surface area contributed by atoms with Gasteiger partial charge in [0.05, 0.1) is 23.7 Å². The highest BCUT2D eigenvalue weighted by molar-refractivity contribution is 5.79. The quantitative estimate of drug-likeness (QED) is 0.765. The Balaban J connectivity index is 2.21. The number of aromatic nitrogens is 2. The summed E-state index contributed by atoms with van der Waals surface area (Å²) in [5, 5.41) is 0. The molecule has 3 rings (SSSR count). The number of nitrogens with one attached hydrogen (secondary N) is 1. The molecule has 3 nitrogen and oxygen atoms in total. The number of para-hydroxylation sites is 2. The van der Waals surface area contributed by atoms with Crippen molar-refractivity contribution >= 4 is 11.0 Å². The number of ether oxygens (including phenoxy) is 1. The molecule has 0 spiro atoms. The second-order valence-electron chi connectivity index (χ2n) is 4.07. The molecule has 0 saturated heterocycles. The SMILES string of the molecule is COc1cc(F)c(-c2nc3ccccc3[nH]2)c(F)c1. The van der Waals surface area contributed by atoms with Gasteiger partial charge in [0.1, 0.15) is 23.2 Å². The molecule has 0 aliphatic rings. The molecular weight excluding hydrogens is 250 g/mol. The van der Waals surface area contributed by atoms with Crippen molar-refractivity contribution in [1.29, 1.82) is 0 Å². The average Bonchev–Trinajstić information content (AvgIpc) is 2.80. The van der Waals surface area contributed by atoms with E-state index in [9.17, 15) is 8.78 Å². The number of rotatable bonds is 2. The Morgan fingerprint density at radius 2 is 1.79 bits per heavy atom. The number of benzene rings is 2. The zero-order chi connectivity index (χ0) is 13.4. The van der Waals surface area contributed by atoms with Crippen LogP contribution < -0.4 is 4.74 Å². The van der Waals surface area contributed by atoms with Gasteiger partial charge in [-0.2, -0.15) is 0 Å².